The minimum absolute atomic E-state index is 0.0112. The first-order valence-electron chi connectivity index (χ1n) is 8.48. The highest BCUT2D eigenvalue weighted by atomic mass is 32.2. The van der Waals surface area contributed by atoms with Gasteiger partial charge in [0.2, 0.25) is 15.9 Å². The van der Waals surface area contributed by atoms with E-state index in [9.17, 15) is 18.0 Å². The van der Waals surface area contributed by atoms with E-state index < -0.39 is 27.9 Å². The molecule has 2 aromatic rings. The largest absolute Gasteiger partial charge is 0.478 e. The molecule has 2 heterocycles. The lowest BCUT2D eigenvalue weighted by Gasteiger charge is -2.23. The number of carboxylic acid groups (broad SMARTS) is 1. The van der Waals surface area contributed by atoms with Gasteiger partial charge in [-0.3, -0.25) is 4.79 Å². The molecule has 1 aliphatic rings. The Bertz CT molecular complexity index is 951. The lowest BCUT2D eigenvalue weighted by molar-refractivity contribution is -0.124. The van der Waals surface area contributed by atoms with E-state index in [0.29, 0.717) is 18.6 Å². The predicted molar refractivity (Wildman–Crippen MR) is 95.6 cm³/mol. The topological polar surface area (TPSA) is 117 Å². The van der Waals surface area contributed by atoms with Crippen LogP contribution in [0.25, 0.3) is 0 Å². The summed E-state index contributed by atoms with van der Waals surface area (Å²) in [6.07, 6.45) is 1.02. The molecule has 1 aliphatic heterocycles. The molecule has 0 spiro atoms. The number of sulfonamides is 1. The van der Waals surface area contributed by atoms with E-state index in [4.69, 9.17) is 9.52 Å². The van der Waals surface area contributed by atoms with Crippen molar-refractivity contribution in [2.75, 3.05) is 6.54 Å². The Morgan fingerprint density at radius 1 is 1.30 bits per heavy atom. The number of rotatable bonds is 6. The summed E-state index contributed by atoms with van der Waals surface area (Å²) >= 11 is 0. The second-order valence-electron chi connectivity index (χ2n) is 6.29. The van der Waals surface area contributed by atoms with Gasteiger partial charge in [-0.1, -0.05) is 18.2 Å². The van der Waals surface area contributed by atoms with Crippen LogP contribution in [0, 0.1) is 6.92 Å². The maximum absolute atomic E-state index is 12.8. The normalized spacial score (nSPS) is 17.7. The number of hydrogen-bond donors (Lipinski definition) is 2. The zero-order valence-electron chi connectivity index (χ0n) is 14.7. The number of amides is 1. The van der Waals surface area contributed by atoms with E-state index in [1.54, 1.807) is 18.2 Å². The smallest absolute Gasteiger partial charge is 0.339 e. The molecule has 1 fully saturated rings. The summed E-state index contributed by atoms with van der Waals surface area (Å²) in [7, 11) is -3.76. The minimum atomic E-state index is -3.76. The number of carbonyl (C=O) groups excluding carboxylic acids is 1. The van der Waals surface area contributed by atoms with Crippen LogP contribution in [-0.4, -0.2) is 42.3 Å². The summed E-state index contributed by atoms with van der Waals surface area (Å²) in [6.45, 7) is 1.79. The third-order valence-electron chi connectivity index (χ3n) is 4.49. The van der Waals surface area contributed by atoms with Crippen LogP contribution in [0.4, 0.5) is 0 Å². The van der Waals surface area contributed by atoms with Crippen molar-refractivity contribution in [2.45, 2.75) is 37.2 Å². The third kappa shape index (κ3) is 3.88. The Morgan fingerprint density at radius 2 is 2.00 bits per heavy atom. The summed E-state index contributed by atoms with van der Waals surface area (Å²) in [5, 5.41) is 11.7. The molecule has 0 aliphatic carbocycles. The number of hydrogen-bond acceptors (Lipinski definition) is 5. The van der Waals surface area contributed by atoms with Gasteiger partial charge in [-0.05, 0) is 38.0 Å². The summed E-state index contributed by atoms with van der Waals surface area (Å²) in [4.78, 5) is 23.8. The summed E-state index contributed by atoms with van der Waals surface area (Å²) in [6, 6.07) is 8.55. The second kappa shape index (κ2) is 7.53. The van der Waals surface area contributed by atoms with Crippen molar-refractivity contribution in [1.29, 1.82) is 0 Å². The minimum Gasteiger partial charge on any atom is -0.478 e. The number of aromatic carboxylic acids is 1. The zero-order chi connectivity index (χ0) is 19.6. The van der Waals surface area contributed by atoms with E-state index in [1.165, 1.54) is 29.4 Å². The first-order valence-corrected chi connectivity index (χ1v) is 9.92. The van der Waals surface area contributed by atoms with Crippen molar-refractivity contribution in [3.63, 3.8) is 0 Å². The van der Waals surface area contributed by atoms with Gasteiger partial charge in [0.05, 0.1) is 11.4 Å². The number of carboxylic acids is 1. The molecular formula is C18H20N2O6S. The first-order chi connectivity index (χ1) is 12.8. The van der Waals surface area contributed by atoms with Gasteiger partial charge < -0.3 is 14.8 Å². The molecule has 0 radical (unpaired) electrons. The molecular weight excluding hydrogens is 372 g/mol. The maximum Gasteiger partial charge on any atom is 0.339 e. The van der Waals surface area contributed by atoms with Gasteiger partial charge in [-0.2, -0.15) is 4.31 Å². The van der Waals surface area contributed by atoms with Crippen LogP contribution in [0.3, 0.4) is 0 Å². The Morgan fingerprint density at radius 3 is 2.63 bits per heavy atom. The number of furan rings is 1. The lowest BCUT2D eigenvalue weighted by atomic mass is 10.2. The van der Waals surface area contributed by atoms with Crippen molar-refractivity contribution in [3.05, 3.63) is 53.5 Å². The standard InChI is InChI=1S/C18H20N2O6S/c1-12-15(18(22)23)10-13(26-12)11-19-17(21)16-8-5-9-20(16)27(24,25)14-6-3-2-4-7-14/h2-4,6-7,10,16H,5,8-9,11H2,1H3,(H,19,21)(H,22,23). The van der Waals surface area contributed by atoms with Crippen molar-refractivity contribution < 1.29 is 27.5 Å². The molecule has 0 bridgehead atoms. The van der Waals surface area contributed by atoms with Gasteiger partial charge in [0.1, 0.15) is 23.1 Å². The average Bonchev–Trinajstić information content (AvgIpc) is 3.27. The highest BCUT2D eigenvalue weighted by molar-refractivity contribution is 7.89. The molecule has 27 heavy (non-hydrogen) atoms. The third-order valence-corrected chi connectivity index (χ3v) is 6.41. The Labute approximate surface area is 156 Å². The fraction of sp³-hybridized carbons (Fsp3) is 0.333. The molecule has 0 saturated carbocycles. The highest BCUT2D eigenvalue weighted by Gasteiger charge is 2.39. The second-order valence-corrected chi connectivity index (χ2v) is 8.18. The van der Waals surface area contributed by atoms with Crippen molar-refractivity contribution in [2.24, 2.45) is 0 Å². The van der Waals surface area contributed by atoms with E-state index in [0.717, 1.165) is 0 Å². The van der Waals surface area contributed by atoms with Crippen LogP contribution in [0.1, 0.15) is 34.7 Å². The van der Waals surface area contributed by atoms with Gasteiger partial charge in [0, 0.05) is 6.54 Å². The lowest BCUT2D eigenvalue weighted by Crippen LogP contribution is -2.45. The average molecular weight is 392 g/mol. The number of nitrogens with zero attached hydrogens (tertiary/aromatic N) is 1. The van der Waals surface area contributed by atoms with Crippen LogP contribution in [0.15, 0.2) is 45.7 Å². The van der Waals surface area contributed by atoms with Crippen molar-refractivity contribution >= 4 is 21.9 Å². The number of nitrogens with one attached hydrogen (secondary N) is 1. The number of aryl methyl sites for hydroxylation is 1. The van der Waals surface area contributed by atoms with Gasteiger partial charge >= 0.3 is 5.97 Å². The molecule has 3 rings (SSSR count). The maximum atomic E-state index is 12.8. The quantitative estimate of drug-likeness (QED) is 0.774. The monoisotopic (exact) mass is 392 g/mol. The number of carbonyl (C=O) groups is 2. The van der Waals surface area contributed by atoms with E-state index in [2.05, 4.69) is 5.32 Å². The molecule has 1 aromatic carbocycles. The SMILES string of the molecule is Cc1oc(CNC(=O)C2CCCN2S(=O)(=O)c2ccccc2)cc1C(=O)O. The molecule has 1 unspecified atom stereocenters. The Balaban J connectivity index is 1.71. The zero-order valence-corrected chi connectivity index (χ0v) is 15.5. The van der Waals surface area contributed by atoms with Crippen LogP contribution < -0.4 is 5.32 Å². The number of benzene rings is 1. The van der Waals surface area contributed by atoms with E-state index >= 15 is 0 Å². The fourth-order valence-electron chi connectivity index (χ4n) is 3.15. The molecule has 1 atom stereocenters. The Kier molecular flexibility index (Phi) is 5.33. The van der Waals surface area contributed by atoms with E-state index in [-0.39, 0.29) is 29.3 Å². The predicted octanol–water partition coefficient (Wildman–Crippen LogP) is 1.76. The molecule has 1 aromatic heterocycles. The van der Waals surface area contributed by atoms with Crippen molar-refractivity contribution in [1.82, 2.24) is 9.62 Å². The summed E-state index contributed by atoms with van der Waals surface area (Å²) in [5.41, 5.74) is 0.0356. The molecule has 1 amide bonds. The molecule has 1 saturated heterocycles. The van der Waals surface area contributed by atoms with Crippen LogP contribution in [0.5, 0.6) is 0 Å². The van der Waals surface area contributed by atoms with Gasteiger partial charge in [0.25, 0.3) is 0 Å². The molecule has 144 valence electrons. The highest BCUT2D eigenvalue weighted by Crippen LogP contribution is 2.26. The van der Waals surface area contributed by atoms with Gasteiger partial charge in [0.15, 0.2) is 0 Å². The summed E-state index contributed by atoms with van der Waals surface area (Å²) < 4.78 is 32.2. The van der Waals surface area contributed by atoms with Crippen molar-refractivity contribution in [3.8, 4) is 0 Å². The molecule has 8 nitrogen and oxygen atoms in total. The summed E-state index contributed by atoms with van der Waals surface area (Å²) in [5.74, 6) is -0.989. The van der Waals surface area contributed by atoms with Gasteiger partial charge in [-0.25, -0.2) is 13.2 Å². The molecule has 2 N–H and O–H groups in total. The first kappa shape index (κ1) is 19.1. The van der Waals surface area contributed by atoms with Gasteiger partial charge in [-0.15, -0.1) is 0 Å². The fourth-order valence-corrected chi connectivity index (χ4v) is 4.83. The van der Waals surface area contributed by atoms with Crippen LogP contribution in [0.2, 0.25) is 0 Å². The van der Waals surface area contributed by atoms with Crippen LogP contribution in [-0.2, 0) is 21.4 Å². The van der Waals surface area contributed by atoms with Crippen LogP contribution >= 0.6 is 0 Å². The molecule has 9 heteroatoms. The van der Waals surface area contributed by atoms with E-state index in [1.807, 2.05) is 0 Å². The Hall–Kier alpha value is -2.65.